The van der Waals surface area contributed by atoms with Crippen LogP contribution in [0, 0.1) is 0 Å². The number of halogens is 1. The molecule has 20 heavy (non-hydrogen) atoms. The molecule has 110 valence electrons. The van der Waals surface area contributed by atoms with Gasteiger partial charge in [0.1, 0.15) is 0 Å². The van der Waals surface area contributed by atoms with E-state index in [1.807, 2.05) is 25.2 Å². The first-order valence-electron chi connectivity index (χ1n) is 7.21. The Morgan fingerprint density at radius 2 is 1.95 bits per heavy atom. The first-order chi connectivity index (χ1) is 9.76. The van der Waals surface area contributed by atoms with E-state index in [9.17, 15) is 0 Å². The van der Waals surface area contributed by atoms with E-state index in [4.69, 9.17) is 11.6 Å². The van der Waals surface area contributed by atoms with Crippen LogP contribution in [0.5, 0.6) is 0 Å². The summed E-state index contributed by atoms with van der Waals surface area (Å²) in [7, 11) is 1.85. The number of rotatable bonds is 3. The molecule has 0 bridgehead atoms. The van der Waals surface area contributed by atoms with E-state index in [2.05, 4.69) is 33.1 Å². The van der Waals surface area contributed by atoms with Crippen LogP contribution >= 0.6 is 11.6 Å². The maximum Gasteiger partial charge on any atom is 0.193 e. The van der Waals surface area contributed by atoms with Crippen molar-refractivity contribution >= 4 is 23.2 Å². The molecule has 1 N–H and O–H groups in total. The fourth-order valence-electron chi connectivity index (χ4n) is 2.44. The van der Waals surface area contributed by atoms with Crippen LogP contribution in [-0.2, 0) is 0 Å². The molecule has 0 atom stereocenters. The second-order valence-corrected chi connectivity index (χ2v) is 5.31. The van der Waals surface area contributed by atoms with Crippen LogP contribution in [0.25, 0.3) is 0 Å². The number of nitrogens with zero attached hydrogens (tertiary/aromatic N) is 3. The Hall–Kier alpha value is -1.42. The van der Waals surface area contributed by atoms with Crippen molar-refractivity contribution in [3.8, 4) is 0 Å². The van der Waals surface area contributed by atoms with Gasteiger partial charge in [-0.2, -0.15) is 0 Å². The third-order valence-corrected chi connectivity index (χ3v) is 3.84. The van der Waals surface area contributed by atoms with Gasteiger partial charge in [0, 0.05) is 39.8 Å². The molecular formula is C15H23ClN4. The Labute approximate surface area is 126 Å². The molecule has 2 rings (SSSR count). The van der Waals surface area contributed by atoms with Crippen LogP contribution in [0.1, 0.15) is 13.3 Å². The van der Waals surface area contributed by atoms with Gasteiger partial charge in [-0.05, 0) is 18.6 Å². The van der Waals surface area contributed by atoms with Crippen molar-refractivity contribution in [2.45, 2.75) is 13.3 Å². The van der Waals surface area contributed by atoms with E-state index in [-0.39, 0.29) is 0 Å². The van der Waals surface area contributed by atoms with Crippen LogP contribution < -0.4 is 10.2 Å². The standard InChI is InChI=1S/C15H23ClN4/c1-3-8-18-15(17-2)20-11-9-19(10-12-20)14-7-5-4-6-13(14)16/h4-7H,3,8-12H2,1-2H3,(H,17,18). The summed E-state index contributed by atoms with van der Waals surface area (Å²) in [6.45, 7) is 7.00. The van der Waals surface area contributed by atoms with Crippen molar-refractivity contribution in [2.75, 3.05) is 44.7 Å². The van der Waals surface area contributed by atoms with Crippen molar-refractivity contribution in [3.05, 3.63) is 29.3 Å². The third kappa shape index (κ3) is 3.57. The molecule has 0 saturated carbocycles. The van der Waals surface area contributed by atoms with E-state index in [1.54, 1.807) is 0 Å². The molecule has 1 aromatic carbocycles. The summed E-state index contributed by atoms with van der Waals surface area (Å²) in [5.74, 6) is 1.01. The summed E-state index contributed by atoms with van der Waals surface area (Å²) in [5.41, 5.74) is 1.13. The van der Waals surface area contributed by atoms with Gasteiger partial charge >= 0.3 is 0 Å². The number of piperazine rings is 1. The quantitative estimate of drug-likeness (QED) is 0.686. The van der Waals surface area contributed by atoms with Gasteiger partial charge in [0.2, 0.25) is 0 Å². The zero-order chi connectivity index (χ0) is 14.4. The Kier molecular flexibility index (Phi) is 5.53. The molecule has 0 radical (unpaired) electrons. The minimum absolute atomic E-state index is 0.828. The first-order valence-corrected chi connectivity index (χ1v) is 7.59. The molecule has 1 saturated heterocycles. The summed E-state index contributed by atoms with van der Waals surface area (Å²) in [5, 5.41) is 4.21. The molecule has 0 unspecified atom stereocenters. The highest BCUT2D eigenvalue weighted by molar-refractivity contribution is 6.33. The molecule has 1 aromatic rings. The van der Waals surface area contributed by atoms with Crippen molar-refractivity contribution in [1.82, 2.24) is 10.2 Å². The van der Waals surface area contributed by atoms with Crippen molar-refractivity contribution in [1.29, 1.82) is 0 Å². The van der Waals surface area contributed by atoms with Gasteiger partial charge in [-0.25, -0.2) is 0 Å². The second-order valence-electron chi connectivity index (χ2n) is 4.90. The number of anilines is 1. The molecule has 0 aromatic heterocycles. The number of benzene rings is 1. The molecule has 0 spiro atoms. The van der Waals surface area contributed by atoms with Gasteiger partial charge in [0.25, 0.3) is 0 Å². The lowest BCUT2D eigenvalue weighted by atomic mass is 10.2. The Morgan fingerprint density at radius 1 is 1.25 bits per heavy atom. The minimum Gasteiger partial charge on any atom is -0.367 e. The molecule has 1 aliphatic heterocycles. The molecule has 0 aliphatic carbocycles. The number of aliphatic imine (C=N–C) groups is 1. The smallest absolute Gasteiger partial charge is 0.193 e. The Balaban J connectivity index is 1.94. The maximum absolute atomic E-state index is 6.26. The number of hydrogen-bond donors (Lipinski definition) is 1. The van der Waals surface area contributed by atoms with Crippen molar-refractivity contribution < 1.29 is 0 Å². The Bertz CT molecular complexity index is 453. The van der Waals surface area contributed by atoms with E-state index in [0.717, 1.165) is 55.8 Å². The van der Waals surface area contributed by atoms with Gasteiger partial charge in [-0.1, -0.05) is 30.7 Å². The lowest BCUT2D eigenvalue weighted by Gasteiger charge is -2.38. The summed E-state index contributed by atoms with van der Waals surface area (Å²) in [4.78, 5) is 9.00. The summed E-state index contributed by atoms with van der Waals surface area (Å²) in [6, 6.07) is 8.04. The number of nitrogens with one attached hydrogen (secondary N) is 1. The summed E-state index contributed by atoms with van der Waals surface area (Å²) >= 11 is 6.26. The predicted molar refractivity (Wildman–Crippen MR) is 86.9 cm³/mol. The molecule has 4 nitrogen and oxygen atoms in total. The van der Waals surface area contributed by atoms with Crippen molar-refractivity contribution in [3.63, 3.8) is 0 Å². The van der Waals surface area contributed by atoms with Crippen LogP contribution in [0.4, 0.5) is 5.69 Å². The topological polar surface area (TPSA) is 30.9 Å². The zero-order valence-electron chi connectivity index (χ0n) is 12.3. The SMILES string of the molecule is CCCNC(=NC)N1CCN(c2ccccc2Cl)CC1. The largest absolute Gasteiger partial charge is 0.367 e. The highest BCUT2D eigenvalue weighted by Gasteiger charge is 2.20. The highest BCUT2D eigenvalue weighted by atomic mass is 35.5. The predicted octanol–water partition coefficient (Wildman–Crippen LogP) is 2.45. The van der Waals surface area contributed by atoms with Crippen molar-refractivity contribution in [2.24, 2.45) is 4.99 Å². The van der Waals surface area contributed by atoms with Gasteiger partial charge in [-0.3, -0.25) is 4.99 Å². The lowest BCUT2D eigenvalue weighted by molar-refractivity contribution is 0.373. The number of para-hydroxylation sites is 1. The molecule has 1 fully saturated rings. The monoisotopic (exact) mass is 294 g/mol. The van der Waals surface area contributed by atoms with E-state index in [0.29, 0.717) is 0 Å². The average molecular weight is 295 g/mol. The van der Waals surface area contributed by atoms with E-state index >= 15 is 0 Å². The number of hydrogen-bond acceptors (Lipinski definition) is 2. The van der Waals surface area contributed by atoms with E-state index < -0.39 is 0 Å². The molecule has 0 amide bonds. The maximum atomic E-state index is 6.26. The van der Waals surface area contributed by atoms with Crippen LogP contribution in [0.15, 0.2) is 29.3 Å². The molecule has 1 aliphatic rings. The summed E-state index contributed by atoms with van der Waals surface area (Å²) < 4.78 is 0. The van der Waals surface area contributed by atoms with Gasteiger partial charge in [0.05, 0.1) is 10.7 Å². The Morgan fingerprint density at radius 3 is 2.55 bits per heavy atom. The minimum atomic E-state index is 0.828. The lowest BCUT2D eigenvalue weighted by Crippen LogP contribution is -2.52. The highest BCUT2D eigenvalue weighted by Crippen LogP contribution is 2.25. The molecule has 5 heteroatoms. The fraction of sp³-hybridized carbons (Fsp3) is 0.533. The van der Waals surface area contributed by atoms with Crippen LogP contribution in [0.3, 0.4) is 0 Å². The molecule has 1 heterocycles. The second kappa shape index (κ2) is 7.39. The van der Waals surface area contributed by atoms with Crippen LogP contribution in [0.2, 0.25) is 5.02 Å². The van der Waals surface area contributed by atoms with Gasteiger partial charge < -0.3 is 15.1 Å². The third-order valence-electron chi connectivity index (χ3n) is 3.52. The number of guanidine groups is 1. The van der Waals surface area contributed by atoms with Crippen LogP contribution in [-0.4, -0.2) is 50.6 Å². The average Bonchev–Trinajstić information content (AvgIpc) is 2.49. The van der Waals surface area contributed by atoms with E-state index in [1.165, 1.54) is 0 Å². The first kappa shape index (κ1) is 15.0. The zero-order valence-corrected chi connectivity index (χ0v) is 13.0. The summed E-state index contributed by atoms with van der Waals surface area (Å²) in [6.07, 6.45) is 1.11. The van der Waals surface area contributed by atoms with Gasteiger partial charge in [-0.15, -0.1) is 0 Å². The molecular weight excluding hydrogens is 272 g/mol. The normalized spacial score (nSPS) is 16.4. The fourth-order valence-corrected chi connectivity index (χ4v) is 2.69. The van der Waals surface area contributed by atoms with Gasteiger partial charge in [0.15, 0.2) is 5.96 Å².